The minimum Gasteiger partial charge on any atom is -0.493 e. The molecule has 0 amide bonds. The third-order valence-electron chi connectivity index (χ3n) is 2.41. The molecule has 1 aromatic heterocycles. The van der Waals surface area contributed by atoms with Crippen LogP contribution in [0.3, 0.4) is 0 Å². The molecular formula is C12H13BrN4O2S. The summed E-state index contributed by atoms with van der Waals surface area (Å²) in [4.78, 5) is 0. The Morgan fingerprint density at radius 3 is 2.95 bits per heavy atom. The Morgan fingerprint density at radius 2 is 2.35 bits per heavy atom. The van der Waals surface area contributed by atoms with Crippen LogP contribution in [-0.4, -0.2) is 34.8 Å². The van der Waals surface area contributed by atoms with Gasteiger partial charge in [-0.1, -0.05) is 0 Å². The Bertz CT molecular complexity index is 680. The second-order valence-corrected chi connectivity index (χ2v) is 4.96. The van der Waals surface area contributed by atoms with Gasteiger partial charge >= 0.3 is 0 Å². The second kappa shape index (κ2) is 6.67. The predicted molar refractivity (Wildman–Crippen MR) is 82.3 cm³/mol. The average molecular weight is 357 g/mol. The monoisotopic (exact) mass is 356 g/mol. The number of aromatic amines is 1. The smallest absolute Gasteiger partial charge is 0.216 e. The first-order valence-corrected chi connectivity index (χ1v) is 7.02. The van der Waals surface area contributed by atoms with Gasteiger partial charge < -0.3 is 9.47 Å². The molecule has 0 unspecified atom stereocenters. The van der Waals surface area contributed by atoms with Crippen LogP contribution in [0, 0.1) is 4.77 Å². The lowest BCUT2D eigenvalue weighted by Gasteiger charge is -2.11. The zero-order valence-electron chi connectivity index (χ0n) is 11.0. The van der Waals surface area contributed by atoms with Crippen LogP contribution in [0.4, 0.5) is 0 Å². The molecule has 1 N–H and O–H groups in total. The Labute approximate surface area is 129 Å². The van der Waals surface area contributed by atoms with Crippen molar-refractivity contribution in [3.05, 3.63) is 33.3 Å². The van der Waals surface area contributed by atoms with Gasteiger partial charge in [0.25, 0.3) is 0 Å². The molecule has 0 aliphatic carbocycles. The molecule has 2 rings (SSSR count). The van der Waals surface area contributed by atoms with E-state index in [9.17, 15) is 0 Å². The first-order chi connectivity index (χ1) is 9.65. The maximum absolute atomic E-state index is 5.53. The molecule has 2 aromatic rings. The van der Waals surface area contributed by atoms with E-state index >= 15 is 0 Å². The van der Waals surface area contributed by atoms with Crippen LogP contribution >= 0.6 is 28.1 Å². The van der Waals surface area contributed by atoms with Crippen molar-refractivity contribution in [1.29, 1.82) is 0 Å². The number of aromatic nitrogens is 3. The summed E-state index contributed by atoms with van der Waals surface area (Å²) in [7, 11) is 1.59. The highest BCUT2D eigenvalue weighted by molar-refractivity contribution is 9.10. The summed E-state index contributed by atoms with van der Waals surface area (Å²) in [6.07, 6.45) is 3.16. The summed E-state index contributed by atoms with van der Waals surface area (Å²) in [6.45, 7) is 2.48. The highest BCUT2D eigenvalue weighted by atomic mass is 79.9. The largest absolute Gasteiger partial charge is 0.493 e. The number of H-pyrrole nitrogens is 1. The minimum absolute atomic E-state index is 0.429. The molecule has 0 saturated carbocycles. The topological polar surface area (TPSA) is 64.4 Å². The lowest BCUT2D eigenvalue weighted by Crippen LogP contribution is -1.98. The van der Waals surface area contributed by atoms with Gasteiger partial charge in [0.2, 0.25) is 4.77 Å². The lowest BCUT2D eigenvalue weighted by atomic mass is 10.2. The van der Waals surface area contributed by atoms with E-state index in [-0.39, 0.29) is 0 Å². The molecule has 20 heavy (non-hydrogen) atoms. The van der Waals surface area contributed by atoms with Crippen LogP contribution in [0.25, 0.3) is 0 Å². The van der Waals surface area contributed by atoms with E-state index in [4.69, 9.17) is 21.7 Å². The van der Waals surface area contributed by atoms with Crippen molar-refractivity contribution in [3.8, 4) is 11.5 Å². The normalized spacial score (nSPS) is 10.9. The van der Waals surface area contributed by atoms with Gasteiger partial charge in [-0.2, -0.15) is 14.9 Å². The van der Waals surface area contributed by atoms with E-state index in [1.54, 1.807) is 13.3 Å². The van der Waals surface area contributed by atoms with Crippen LogP contribution in [-0.2, 0) is 0 Å². The molecule has 0 fully saturated rings. The number of rotatable bonds is 5. The van der Waals surface area contributed by atoms with Crippen molar-refractivity contribution < 1.29 is 9.47 Å². The third-order valence-corrected chi connectivity index (χ3v) is 3.27. The van der Waals surface area contributed by atoms with Gasteiger partial charge in [0, 0.05) is 0 Å². The number of methoxy groups -OCH3 is 1. The maximum atomic E-state index is 5.53. The molecule has 0 saturated heterocycles. The molecule has 106 valence electrons. The summed E-state index contributed by atoms with van der Waals surface area (Å²) in [5.74, 6) is 1.31. The van der Waals surface area contributed by atoms with Gasteiger partial charge in [-0.25, -0.2) is 0 Å². The lowest BCUT2D eigenvalue weighted by molar-refractivity contribution is 0.309. The Kier molecular flexibility index (Phi) is 4.91. The quantitative estimate of drug-likeness (QED) is 0.660. The molecule has 0 aliphatic rings. The summed E-state index contributed by atoms with van der Waals surface area (Å²) in [5.41, 5.74) is 0.847. The van der Waals surface area contributed by atoms with Gasteiger partial charge in [-0.15, -0.1) is 0 Å². The van der Waals surface area contributed by atoms with E-state index in [0.717, 1.165) is 10.0 Å². The Balaban J connectivity index is 2.34. The Morgan fingerprint density at radius 1 is 1.55 bits per heavy atom. The van der Waals surface area contributed by atoms with Crippen molar-refractivity contribution in [2.75, 3.05) is 13.7 Å². The molecule has 0 spiro atoms. The van der Waals surface area contributed by atoms with Crippen LogP contribution in [0.1, 0.15) is 12.5 Å². The van der Waals surface area contributed by atoms with E-state index in [2.05, 4.69) is 31.2 Å². The molecule has 0 radical (unpaired) electrons. The van der Waals surface area contributed by atoms with Gasteiger partial charge in [0.1, 0.15) is 6.33 Å². The predicted octanol–water partition coefficient (Wildman–Crippen LogP) is 2.99. The van der Waals surface area contributed by atoms with Crippen molar-refractivity contribution in [2.45, 2.75) is 6.92 Å². The maximum Gasteiger partial charge on any atom is 0.216 e. The highest BCUT2D eigenvalue weighted by Crippen LogP contribution is 2.36. The van der Waals surface area contributed by atoms with Crippen molar-refractivity contribution in [3.63, 3.8) is 0 Å². The Hall–Kier alpha value is -1.67. The van der Waals surface area contributed by atoms with Gasteiger partial charge in [0.05, 0.1) is 24.4 Å². The van der Waals surface area contributed by atoms with Gasteiger partial charge in [-0.3, -0.25) is 5.10 Å². The fraction of sp³-hybridized carbons (Fsp3) is 0.250. The second-order valence-electron chi connectivity index (χ2n) is 3.72. The van der Waals surface area contributed by atoms with Gasteiger partial charge in [0.15, 0.2) is 11.5 Å². The van der Waals surface area contributed by atoms with Crippen LogP contribution in [0.15, 0.2) is 28.0 Å². The number of benzene rings is 1. The van der Waals surface area contributed by atoms with Crippen molar-refractivity contribution >= 4 is 34.4 Å². The van der Waals surface area contributed by atoms with E-state index in [0.29, 0.717) is 22.9 Å². The first-order valence-electron chi connectivity index (χ1n) is 5.82. The molecule has 0 bridgehead atoms. The van der Waals surface area contributed by atoms with Crippen LogP contribution in [0.2, 0.25) is 0 Å². The van der Waals surface area contributed by atoms with Crippen molar-refractivity contribution in [1.82, 2.24) is 14.9 Å². The zero-order valence-corrected chi connectivity index (χ0v) is 13.4. The average Bonchev–Trinajstić information content (AvgIpc) is 2.84. The molecule has 8 heteroatoms. The number of nitrogens with one attached hydrogen (secondary N) is 1. The molecule has 1 heterocycles. The zero-order chi connectivity index (χ0) is 14.5. The number of hydrogen-bond acceptors (Lipinski definition) is 5. The summed E-state index contributed by atoms with van der Waals surface area (Å²) < 4.78 is 13.5. The third kappa shape index (κ3) is 3.26. The fourth-order valence-electron chi connectivity index (χ4n) is 1.55. The van der Waals surface area contributed by atoms with Gasteiger partial charge in [-0.05, 0) is 52.8 Å². The SMILES string of the molecule is CCOc1c(Br)cc(/C=N\n2cn[nH]c2=S)cc1OC. The first kappa shape index (κ1) is 14.7. The summed E-state index contributed by atoms with van der Waals surface area (Å²) in [6, 6.07) is 3.73. The summed E-state index contributed by atoms with van der Waals surface area (Å²) in [5, 5.41) is 10.6. The molecule has 0 atom stereocenters. The van der Waals surface area contributed by atoms with Crippen LogP contribution < -0.4 is 9.47 Å². The number of nitrogens with zero attached hydrogens (tertiary/aromatic N) is 3. The minimum atomic E-state index is 0.429. The van der Waals surface area contributed by atoms with E-state index < -0.39 is 0 Å². The fourth-order valence-corrected chi connectivity index (χ4v) is 2.27. The highest BCUT2D eigenvalue weighted by Gasteiger charge is 2.10. The number of halogens is 1. The number of ether oxygens (including phenoxy) is 2. The van der Waals surface area contributed by atoms with E-state index in [1.165, 1.54) is 11.0 Å². The van der Waals surface area contributed by atoms with Crippen molar-refractivity contribution in [2.24, 2.45) is 5.10 Å². The van der Waals surface area contributed by atoms with Crippen LogP contribution in [0.5, 0.6) is 11.5 Å². The summed E-state index contributed by atoms with van der Waals surface area (Å²) >= 11 is 8.47. The van der Waals surface area contributed by atoms with E-state index in [1.807, 2.05) is 19.1 Å². The molecule has 1 aromatic carbocycles. The molecular weight excluding hydrogens is 344 g/mol. The number of hydrogen-bond donors (Lipinski definition) is 1. The standard InChI is InChI=1S/C12H13BrN4O2S/c1-3-19-11-9(13)4-8(5-10(11)18-2)6-15-17-7-14-16-12(17)20/h4-7H,3H2,1-2H3,(H,16,20)/b15-6-. The molecule has 0 aliphatic heterocycles. The molecule has 6 nitrogen and oxygen atoms in total.